The first-order chi connectivity index (χ1) is 9.25. The van der Waals surface area contributed by atoms with Crippen molar-refractivity contribution in [2.75, 3.05) is 19.6 Å². The maximum Gasteiger partial charge on any atom is 0.230 e. The van der Waals surface area contributed by atoms with E-state index < -0.39 is 0 Å². The maximum atomic E-state index is 12.8. The molecule has 1 aliphatic heterocycles. The molecule has 2 atom stereocenters. The van der Waals surface area contributed by atoms with Crippen molar-refractivity contribution < 1.29 is 4.79 Å². The van der Waals surface area contributed by atoms with Gasteiger partial charge in [-0.15, -0.1) is 0 Å². The number of carbonyl (C=O) groups is 1. The first-order valence-corrected chi connectivity index (χ1v) is 7.35. The molecule has 0 aromatic heterocycles. The Morgan fingerprint density at radius 2 is 2.21 bits per heavy atom. The summed E-state index contributed by atoms with van der Waals surface area (Å²) in [6.45, 7) is 4.76. The van der Waals surface area contributed by atoms with Crippen molar-refractivity contribution in [2.24, 2.45) is 0 Å². The number of hydrogen-bond donors (Lipinski definition) is 1. The van der Waals surface area contributed by atoms with Gasteiger partial charge in [0.1, 0.15) is 0 Å². The van der Waals surface area contributed by atoms with Crippen molar-refractivity contribution in [3.63, 3.8) is 0 Å². The van der Waals surface area contributed by atoms with Gasteiger partial charge in [0, 0.05) is 25.7 Å². The predicted molar refractivity (Wildman–Crippen MR) is 76.2 cm³/mol. The third-order valence-corrected chi connectivity index (χ3v) is 4.35. The number of fused-ring (bicyclic) bond motifs is 1. The summed E-state index contributed by atoms with van der Waals surface area (Å²) >= 11 is 0. The number of piperazine rings is 1. The van der Waals surface area contributed by atoms with Crippen LogP contribution in [0.15, 0.2) is 24.3 Å². The molecule has 1 aromatic carbocycles. The second-order valence-electron chi connectivity index (χ2n) is 5.78. The number of amides is 1. The Bertz CT molecular complexity index is 472. The number of nitrogens with zero attached hydrogens (tertiary/aromatic N) is 1. The fourth-order valence-corrected chi connectivity index (χ4v) is 3.36. The Morgan fingerprint density at radius 1 is 1.37 bits per heavy atom. The fraction of sp³-hybridized carbons (Fsp3) is 0.562. The van der Waals surface area contributed by atoms with Gasteiger partial charge in [0.15, 0.2) is 0 Å². The molecule has 0 spiro atoms. The first kappa shape index (κ1) is 12.7. The lowest BCUT2D eigenvalue weighted by Crippen LogP contribution is -2.52. The zero-order valence-corrected chi connectivity index (χ0v) is 11.6. The van der Waals surface area contributed by atoms with Crippen molar-refractivity contribution in [3.05, 3.63) is 35.4 Å². The second kappa shape index (κ2) is 5.33. The zero-order chi connectivity index (χ0) is 13.2. The van der Waals surface area contributed by atoms with E-state index in [-0.39, 0.29) is 5.92 Å². The molecule has 1 amide bonds. The summed E-state index contributed by atoms with van der Waals surface area (Å²) in [5, 5.41) is 3.39. The van der Waals surface area contributed by atoms with Gasteiger partial charge in [-0.1, -0.05) is 24.3 Å². The number of hydrogen-bond acceptors (Lipinski definition) is 2. The van der Waals surface area contributed by atoms with Gasteiger partial charge in [-0.05, 0) is 37.3 Å². The van der Waals surface area contributed by atoms with Crippen molar-refractivity contribution >= 4 is 5.91 Å². The number of nitrogens with one attached hydrogen (secondary N) is 1. The highest BCUT2D eigenvalue weighted by atomic mass is 16.2. The lowest BCUT2D eigenvalue weighted by atomic mass is 9.82. The minimum Gasteiger partial charge on any atom is -0.339 e. The minimum atomic E-state index is 0.0928. The summed E-state index contributed by atoms with van der Waals surface area (Å²) in [6.07, 6.45) is 3.27. The molecule has 19 heavy (non-hydrogen) atoms. The number of aryl methyl sites for hydroxylation is 1. The zero-order valence-electron chi connectivity index (χ0n) is 11.6. The summed E-state index contributed by atoms with van der Waals surface area (Å²) in [5.41, 5.74) is 2.64. The molecule has 1 N–H and O–H groups in total. The topological polar surface area (TPSA) is 32.3 Å². The van der Waals surface area contributed by atoms with Gasteiger partial charge in [-0.3, -0.25) is 4.79 Å². The van der Waals surface area contributed by atoms with Crippen LogP contribution in [0.2, 0.25) is 0 Å². The monoisotopic (exact) mass is 258 g/mol. The van der Waals surface area contributed by atoms with Gasteiger partial charge in [0.25, 0.3) is 0 Å². The summed E-state index contributed by atoms with van der Waals surface area (Å²) in [6, 6.07) is 8.87. The second-order valence-corrected chi connectivity index (χ2v) is 5.78. The van der Waals surface area contributed by atoms with Crippen LogP contribution in [0.5, 0.6) is 0 Å². The molecule has 1 aliphatic carbocycles. The molecular weight excluding hydrogens is 236 g/mol. The smallest absolute Gasteiger partial charge is 0.230 e. The highest BCUT2D eigenvalue weighted by molar-refractivity contribution is 5.84. The average molecular weight is 258 g/mol. The summed E-state index contributed by atoms with van der Waals surface area (Å²) < 4.78 is 0. The van der Waals surface area contributed by atoms with Crippen LogP contribution in [0.3, 0.4) is 0 Å². The standard InChI is InChI=1S/C16H22N2O/c1-12-11-18(10-9-17-12)16(19)15-8-4-6-13-5-2-3-7-14(13)15/h2-3,5,7,12,15,17H,4,6,8-11H2,1H3/t12-,15?/m0/s1. The average Bonchev–Trinajstić information content (AvgIpc) is 2.46. The molecule has 0 bridgehead atoms. The summed E-state index contributed by atoms with van der Waals surface area (Å²) in [5.74, 6) is 0.427. The van der Waals surface area contributed by atoms with E-state index in [9.17, 15) is 4.79 Å². The van der Waals surface area contributed by atoms with Gasteiger partial charge >= 0.3 is 0 Å². The van der Waals surface area contributed by atoms with E-state index in [1.807, 2.05) is 4.90 Å². The van der Waals surface area contributed by atoms with E-state index in [0.717, 1.165) is 38.9 Å². The summed E-state index contributed by atoms with van der Waals surface area (Å²) in [7, 11) is 0. The van der Waals surface area contributed by atoms with Gasteiger partial charge in [0.05, 0.1) is 5.92 Å². The maximum absolute atomic E-state index is 12.8. The number of benzene rings is 1. The molecule has 1 saturated heterocycles. The van der Waals surface area contributed by atoms with Gasteiger partial charge in [-0.25, -0.2) is 0 Å². The highest BCUT2D eigenvalue weighted by Gasteiger charge is 2.31. The Labute approximate surface area is 115 Å². The Balaban J connectivity index is 1.81. The first-order valence-electron chi connectivity index (χ1n) is 7.35. The fourth-order valence-electron chi connectivity index (χ4n) is 3.36. The van der Waals surface area contributed by atoms with E-state index in [1.165, 1.54) is 11.1 Å². The number of carbonyl (C=O) groups excluding carboxylic acids is 1. The molecule has 2 aliphatic rings. The van der Waals surface area contributed by atoms with E-state index >= 15 is 0 Å². The Kier molecular flexibility index (Phi) is 3.56. The third kappa shape index (κ3) is 2.52. The van der Waals surface area contributed by atoms with Gasteiger partial charge < -0.3 is 10.2 Å². The molecule has 1 aromatic rings. The van der Waals surface area contributed by atoms with Crippen LogP contribution in [0.4, 0.5) is 0 Å². The molecule has 3 nitrogen and oxygen atoms in total. The van der Waals surface area contributed by atoms with Gasteiger partial charge in [0.2, 0.25) is 5.91 Å². The Hall–Kier alpha value is -1.35. The van der Waals surface area contributed by atoms with E-state index in [1.54, 1.807) is 0 Å². The third-order valence-electron chi connectivity index (χ3n) is 4.35. The van der Waals surface area contributed by atoms with Crippen molar-refractivity contribution in [3.8, 4) is 0 Å². The van der Waals surface area contributed by atoms with Gasteiger partial charge in [-0.2, -0.15) is 0 Å². The molecule has 1 unspecified atom stereocenters. The minimum absolute atomic E-state index is 0.0928. The van der Waals surface area contributed by atoms with Crippen LogP contribution in [0, 0.1) is 0 Å². The van der Waals surface area contributed by atoms with Crippen LogP contribution < -0.4 is 5.32 Å². The molecule has 0 radical (unpaired) electrons. The van der Waals surface area contributed by atoms with Crippen LogP contribution in [0.25, 0.3) is 0 Å². The molecule has 3 heteroatoms. The largest absolute Gasteiger partial charge is 0.339 e. The quantitative estimate of drug-likeness (QED) is 0.835. The predicted octanol–water partition coefficient (Wildman–Crippen LogP) is 1.93. The van der Waals surface area contributed by atoms with Crippen molar-refractivity contribution in [2.45, 2.75) is 38.1 Å². The molecule has 1 heterocycles. The van der Waals surface area contributed by atoms with Crippen LogP contribution >= 0.6 is 0 Å². The number of rotatable bonds is 1. The molecule has 1 fully saturated rings. The SMILES string of the molecule is C[C@H]1CN(C(=O)C2CCCc3ccccc32)CCN1. The molecule has 0 saturated carbocycles. The van der Waals surface area contributed by atoms with E-state index in [0.29, 0.717) is 11.9 Å². The normalized spacial score (nSPS) is 26.9. The van der Waals surface area contributed by atoms with Crippen LogP contribution in [-0.2, 0) is 11.2 Å². The van der Waals surface area contributed by atoms with Crippen LogP contribution in [-0.4, -0.2) is 36.5 Å². The van der Waals surface area contributed by atoms with E-state index in [2.05, 4.69) is 36.5 Å². The van der Waals surface area contributed by atoms with Crippen molar-refractivity contribution in [1.29, 1.82) is 0 Å². The van der Waals surface area contributed by atoms with Crippen LogP contribution in [0.1, 0.15) is 36.8 Å². The van der Waals surface area contributed by atoms with Crippen molar-refractivity contribution in [1.82, 2.24) is 10.2 Å². The molecular formula is C16H22N2O. The van der Waals surface area contributed by atoms with E-state index in [4.69, 9.17) is 0 Å². The Morgan fingerprint density at radius 3 is 3.05 bits per heavy atom. The lowest BCUT2D eigenvalue weighted by Gasteiger charge is -2.36. The highest BCUT2D eigenvalue weighted by Crippen LogP contribution is 2.33. The lowest BCUT2D eigenvalue weighted by molar-refractivity contribution is -0.134. The molecule has 102 valence electrons. The summed E-state index contributed by atoms with van der Waals surface area (Å²) in [4.78, 5) is 14.8. The molecule has 3 rings (SSSR count).